The second-order valence-electron chi connectivity index (χ2n) is 7.62. The van der Waals surface area contributed by atoms with E-state index >= 15 is 0 Å². The van der Waals surface area contributed by atoms with E-state index in [9.17, 15) is 23.1 Å². The van der Waals surface area contributed by atoms with Crippen molar-refractivity contribution in [2.24, 2.45) is 7.05 Å². The molecule has 166 valence electrons. The molecule has 0 radical (unpaired) electrons. The first-order valence-electron chi connectivity index (χ1n) is 9.56. The quantitative estimate of drug-likeness (QED) is 0.324. The fraction of sp³-hybridized carbons (Fsp3) is 0.238. The number of carbonyl (C=O) groups is 1. The molecule has 4 aromatic rings. The monoisotopic (exact) mass is 461 g/mol. The van der Waals surface area contributed by atoms with Crippen molar-refractivity contribution in [2.45, 2.75) is 25.9 Å². The van der Waals surface area contributed by atoms with Crippen molar-refractivity contribution < 1.29 is 23.1 Å². The summed E-state index contributed by atoms with van der Waals surface area (Å²) in [6.07, 6.45) is -3.92. The largest absolute Gasteiger partial charge is 0.507 e. The summed E-state index contributed by atoms with van der Waals surface area (Å²) in [4.78, 5) is 15.1. The predicted octanol–water partition coefficient (Wildman–Crippen LogP) is 5.14. The molecule has 0 aliphatic rings. The smallest absolute Gasteiger partial charge is 0.449 e. The van der Waals surface area contributed by atoms with Gasteiger partial charge in [-0.15, -0.1) is 0 Å². The van der Waals surface area contributed by atoms with Gasteiger partial charge in [0.15, 0.2) is 10.6 Å². The average molecular weight is 461 g/mol. The second-order valence-corrected chi connectivity index (χ2v) is 8.01. The van der Waals surface area contributed by atoms with Gasteiger partial charge in [0.1, 0.15) is 12.0 Å². The van der Waals surface area contributed by atoms with E-state index < -0.39 is 12.0 Å². The Kier molecular flexibility index (Phi) is 5.16. The van der Waals surface area contributed by atoms with Crippen LogP contribution in [0.1, 0.15) is 41.5 Å². The maximum absolute atomic E-state index is 13.2. The molecular weight excluding hydrogens is 443 g/mol. The molecule has 0 amide bonds. The summed E-state index contributed by atoms with van der Waals surface area (Å²) in [5, 5.41) is 17.4. The number of nitrogens with one attached hydrogen (secondary N) is 1. The fourth-order valence-electron chi connectivity index (χ4n) is 3.70. The minimum absolute atomic E-state index is 0.00410. The zero-order valence-electron chi connectivity index (χ0n) is 17.2. The van der Waals surface area contributed by atoms with Crippen molar-refractivity contribution in [1.82, 2.24) is 24.3 Å². The highest BCUT2D eigenvalue weighted by Gasteiger charge is 2.36. The average Bonchev–Trinajstić information content (AvgIpc) is 3.27. The Labute approximate surface area is 185 Å². The standard InChI is InChI=1S/C21H18F3N5O2S/c1-10(2)13-8-14(17(31)6-11(13)9-30)18-26-27-20(32)29(18)12-4-5-16-15(7-12)25-19(28(16)3)21(22,23)24/h4-10,31H,1-3H3,(H,27,32). The molecule has 0 fully saturated rings. The summed E-state index contributed by atoms with van der Waals surface area (Å²) in [7, 11) is 1.30. The van der Waals surface area contributed by atoms with Crippen LogP contribution in [0.15, 0.2) is 30.3 Å². The molecule has 0 aliphatic heterocycles. The molecule has 4 rings (SSSR count). The Bertz CT molecular complexity index is 1420. The topological polar surface area (TPSA) is 88.7 Å². The lowest BCUT2D eigenvalue weighted by atomic mass is 9.94. The van der Waals surface area contributed by atoms with E-state index in [2.05, 4.69) is 15.2 Å². The Morgan fingerprint density at radius 3 is 2.56 bits per heavy atom. The lowest BCUT2D eigenvalue weighted by molar-refractivity contribution is -0.146. The number of hydrogen-bond donors (Lipinski definition) is 2. The molecule has 2 N–H and O–H groups in total. The van der Waals surface area contributed by atoms with Crippen LogP contribution in [0, 0.1) is 4.77 Å². The van der Waals surface area contributed by atoms with Crippen molar-refractivity contribution >= 4 is 29.5 Å². The van der Waals surface area contributed by atoms with Gasteiger partial charge in [-0.3, -0.25) is 14.5 Å². The van der Waals surface area contributed by atoms with E-state index in [0.29, 0.717) is 34.2 Å². The number of nitrogens with zero attached hydrogens (tertiary/aromatic N) is 4. The van der Waals surface area contributed by atoms with Crippen molar-refractivity contribution in [3.63, 3.8) is 0 Å². The normalized spacial score (nSPS) is 12.1. The first-order valence-corrected chi connectivity index (χ1v) is 9.97. The summed E-state index contributed by atoms with van der Waals surface area (Å²) in [6, 6.07) is 7.60. The maximum atomic E-state index is 13.2. The van der Waals surface area contributed by atoms with Crippen molar-refractivity contribution in [3.05, 3.63) is 52.1 Å². The molecule has 0 bridgehead atoms. The van der Waals surface area contributed by atoms with Gasteiger partial charge in [-0.25, -0.2) is 4.98 Å². The number of halogens is 3. The molecule has 32 heavy (non-hydrogen) atoms. The van der Waals surface area contributed by atoms with Crippen LogP contribution in [-0.4, -0.2) is 35.7 Å². The number of aldehydes is 1. The van der Waals surface area contributed by atoms with Gasteiger partial charge in [-0.2, -0.15) is 18.3 Å². The van der Waals surface area contributed by atoms with Gasteiger partial charge in [-0.05, 0) is 54.0 Å². The Hall–Kier alpha value is -3.47. The molecule has 0 saturated heterocycles. The van der Waals surface area contributed by atoms with Crippen LogP contribution in [-0.2, 0) is 13.2 Å². The first-order chi connectivity index (χ1) is 15.0. The molecule has 0 aliphatic carbocycles. The van der Waals surface area contributed by atoms with E-state index in [1.54, 1.807) is 12.1 Å². The third-order valence-electron chi connectivity index (χ3n) is 5.24. The molecule has 7 nitrogen and oxygen atoms in total. The number of aromatic amines is 1. The molecule has 0 atom stereocenters. The predicted molar refractivity (Wildman–Crippen MR) is 115 cm³/mol. The summed E-state index contributed by atoms with van der Waals surface area (Å²) in [5.74, 6) is -0.942. The van der Waals surface area contributed by atoms with Gasteiger partial charge in [0.05, 0.1) is 22.3 Å². The maximum Gasteiger partial charge on any atom is 0.449 e. The number of aromatic nitrogens is 5. The summed E-state index contributed by atoms with van der Waals surface area (Å²) >= 11 is 5.35. The zero-order chi connectivity index (χ0) is 23.4. The Balaban J connectivity index is 1.93. The lowest BCUT2D eigenvalue weighted by Crippen LogP contribution is -2.12. The minimum atomic E-state index is -4.59. The number of phenolic OH excluding ortho intramolecular Hbond substituents is 1. The fourth-order valence-corrected chi connectivity index (χ4v) is 3.94. The van der Waals surface area contributed by atoms with Crippen molar-refractivity contribution in [3.8, 4) is 22.8 Å². The number of carbonyl (C=O) groups excluding carboxylic acids is 1. The molecule has 0 spiro atoms. The highest BCUT2D eigenvalue weighted by atomic mass is 32.1. The number of hydrogen-bond acceptors (Lipinski definition) is 5. The third-order valence-corrected chi connectivity index (χ3v) is 5.51. The van der Waals surface area contributed by atoms with Crippen LogP contribution >= 0.6 is 12.2 Å². The second kappa shape index (κ2) is 7.59. The van der Waals surface area contributed by atoms with E-state index in [1.807, 2.05) is 13.8 Å². The number of benzene rings is 2. The van der Waals surface area contributed by atoms with E-state index in [-0.39, 0.29) is 27.8 Å². The van der Waals surface area contributed by atoms with Crippen LogP contribution in [0.3, 0.4) is 0 Å². The van der Waals surface area contributed by atoms with Gasteiger partial charge in [0.25, 0.3) is 0 Å². The molecule has 0 saturated carbocycles. The highest BCUT2D eigenvalue weighted by Crippen LogP contribution is 2.35. The number of aromatic hydroxyl groups is 1. The van der Waals surface area contributed by atoms with Crippen LogP contribution in [0.4, 0.5) is 13.2 Å². The lowest BCUT2D eigenvalue weighted by Gasteiger charge is -2.14. The van der Waals surface area contributed by atoms with E-state index in [1.165, 1.54) is 29.8 Å². The van der Waals surface area contributed by atoms with Gasteiger partial charge < -0.3 is 9.67 Å². The van der Waals surface area contributed by atoms with Gasteiger partial charge >= 0.3 is 6.18 Å². The molecular formula is C21H18F3N5O2S. The van der Waals surface area contributed by atoms with Crippen LogP contribution in [0.25, 0.3) is 28.1 Å². The first kappa shape index (κ1) is 21.8. The molecule has 11 heteroatoms. The van der Waals surface area contributed by atoms with E-state index in [4.69, 9.17) is 12.2 Å². The number of rotatable bonds is 4. The minimum Gasteiger partial charge on any atom is -0.507 e. The Morgan fingerprint density at radius 2 is 1.94 bits per heavy atom. The summed E-state index contributed by atoms with van der Waals surface area (Å²) in [6.45, 7) is 3.82. The molecule has 2 aromatic heterocycles. The molecule has 2 heterocycles. The summed E-state index contributed by atoms with van der Waals surface area (Å²) in [5.41, 5.74) is 2.25. The van der Waals surface area contributed by atoms with Gasteiger partial charge in [0, 0.05) is 12.6 Å². The molecule has 0 unspecified atom stereocenters. The number of fused-ring (bicyclic) bond motifs is 1. The number of phenols is 1. The third kappa shape index (κ3) is 3.48. The summed E-state index contributed by atoms with van der Waals surface area (Å²) < 4.78 is 42.4. The number of aryl methyl sites for hydroxylation is 1. The van der Waals surface area contributed by atoms with Gasteiger partial charge in [-0.1, -0.05) is 13.8 Å². The molecule has 2 aromatic carbocycles. The SMILES string of the molecule is CC(C)c1cc(-c2n[nH]c(=S)n2-c2ccc3c(c2)nc(C(F)(F)F)n3C)c(O)cc1C=O. The highest BCUT2D eigenvalue weighted by molar-refractivity contribution is 7.71. The Morgan fingerprint density at radius 1 is 1.22 bits per heavy atom. The van der Waals surface area contributed by atoms with Crippen molar-refractivity contribution in [1.29, 1.82) is 0 Å². The zero-order valence-corrected chi connectivity index (χ0v) is 18.0. The number of imidazole rings is 1. The van der Waals surface area contributed by atoms with Crippen molar-refractivity contribution in [2.75, 3.05) is 0 Å². The number of alkyl halides is 3. The number of H-pyrrole nitrogens is 1. The van der Waals surface area contributed by atoms with Crippen LogP contribution in [0.2, 0.25) is 0 Å². The van der Waals surface area contributed by atoms with Gasteiger partial charge in [0.2, 0.25) is 5.82 Å². The van der Waals surface area contributed by atoms with E-state index in [0.717, 1.165) is 4.57 Å². The van der Waals surface area contributed by atoms with Crippen LogP contribution in [0.5, 0.6) is 5.75 Å². The van der Waals surface area contributed by atoms with Crippen LogP contribution < -0.4 is 0 Å².